The molecule has 0 saturated carbocycles. The van der Waals surface area contributed by atoms with Gasteiger partial charge in [0.1, 0.15) is 12.6 Å². The third-order valence-electron chi connectivity index (χ3n) is 0.402. The van der Waals surface area contributed by atoms with Crippen molar-refractivity contribution in [2.75, 3.05) is 0 Å². The first-order chi connectivity index (χ1) is 2.91. The molecule has 0 fully saturated rings. The van der Waals surface area contributed by atoms with Gasteiger partial charge in [0.2, 0.25) is 0 Å². The second kappa shape index (κ2) is 9.41. The van der Waals surface area contributed by atoms with E-state index in [-0.39, 0.29) is 21.7 Å². The summed E-state index contributed by atoms with van der Waals surface area (Å²) in [6, 6.07) is 0. The smallest absolute Gasteiger partial charge is 0.120 e. The van der Waals surface area contributed by atoms with E-state index in [9.17, 15) is 9.59 Å². The Labute approximate surface area is 57.2 Å². The molecule has 0 amide bonds. The van der Waals surface area contributed by atoms with Crippen LogP contribution in [0.2, 0.25) is 0 Å². The van der Waals surface area contributed by atoms with Crippen molar-refractivity contribution in [2.24, 2.45) is 0 Å². The van der Waals surface area contributed by atoms with E-state index >= 15 is 0 Å². The summed E-state index contributed by atoms with van der Waals surface area (Å²) in [6.07, 6.45) is 2.19. The minimum absolute atomic E-state index is 0. The van der Waals surface area contributed by atoms with E-state index in [1.165, 1.54) is 0 Å². The van der Waals surface area contributed by atoms with Crippen LogP contribution in [-0.4, -0.2) is 12.6 Å². The fourth-order valence-electron chi connectivity index (χ4n) is 0.136. The zero-order valence-electron chi connectivity index (χ0n) is 3.89. The van der Waals surface area contributed by atoms with Gasteiger partial charge in [-0.3, -0.25) is 0 Å². The molecule has 7 heavy (non-hydrogen) atoms. The summed E-state index contributed by atoms with van der Waals surface area (Å²) in [5.41, 5.74) is 0. The predicted molar refractivity (Wildman–Crippen MR) is 21.4 cm³/mol. The van der Waals surface area contributed by atoms with Crippen molar-refractivity contribution in [3.8, 4) is 0 Å². The molecule has 2 nitrogen and oxygen atoms in total. The van der Waals surface area contributed by atoms with Crippen molar-refractivity contribution in [3.05, 3.63) is 0 Å². The van der Waals surface area contributed by atoms with Gasteiger partial charge in [-0.15, -0.1) is 0 Å². The molecule has 0 aliphatic rings. The quantitative estimate of drug-likeness (QED) is 0.313. The molecule has 0 rings (SSSR count). The number of unbranched alkanes of at least 4 members (excludes halogenated alkanes) is 1. The molecular formula is C4H6O2Ti. The number of hydrogen-bond donors (Lipinski definition) is 0. The number of rotatable bonds is 3. The van der Waals surface area contributed by atoms with Gasteiger partial charge in [0.15, 0.2) is 0 Å². The van der Waals surface area contributed by atoms with Gasteiger partial charge in [-0.2, -0.15) is 0 Å². The Bertz CT molecular complexity index is 45.7. The van der Waals surface area contributed by atoms with Crippen LogP contribution in [0.4, 0.5) is 0 Å². The molecule has 0 heterocycles. The third kappa shape index (κ3) is 10.7. The largest absolute Gasteiger partial charge is 0.303 e. The molecule has 3 heteroatoms. The Balaban J connectivity index is 0. The Hall–Kier alpha value is 0.0543. The van der Waals surface area contributed by atoms with Crippen molar-refractivity contribution < 1.29 is 31.3 Å². The maximum Gasteiger partial charge on any atom is 0.120 e. The van der Waals surface area contributed by atoms with Crippen LogP contribution in [0.1, 0.15) is 12.8 Å². The topological polar surface area (TPSA) is 34.1 Å². The van der Waals surface area contributed by atoms with Crippen LogP contribution in [0.5, 0.6) is 0 Å². The summed E-state index contributed by atoms with van der Waals surface area (Å²) in [6.45, 7) is 0. The molecule has 38 valence electrons. The average Bonchev–Trinajstić information content (AvgIpc) is 1.61. The van der Waals surface area contributed by atoms with Gasteiger partial charge in [-0.05, 0) is 0 Å². The molecule has 0 saturated heterocycles. The Morgan fingerprint density at radius 3 is 1.43 bits per heavy atom. The van der Waals surface area contributed by atoms with E-state index in [1.54, 1.807) is 0 Å². The Morgan fingerprint density at radius 2 is 1.29 bits per heavy atom. The van der Waals surface area contributed by atoms with Gasteiger partial charge >= 0.3 is 0 Å². The molecule has 0 atom stereocenters. The molecule has 0 aromatic heterocycles. The monoisotopic (exact) mass is 134 g/mol. The fourth-order valence-corrected chi connectivity index (χ4v) is 0.136. The van der Waals surface area contributed by atoms with E-state index in [1.807, 2.05) is 0 Å². The Morgan fingerprint density at radius 1 is 1.00 bits per heavy atom. The van der Waals surface area contributed by atoms with Crippen LogP contribution < -0.4 is 0 Å². The van der Waals surface area contributed by atoms with E-state index in [4.69, 9.17) is 0 Å². The van der Waals surface area contributed by atoms with Crippen LogP contribution in [0.15, 0.2) is 0 Å². The Kier molecular flexibility index (Phi) is 13.6. The molecule has 0 aromatic rings. The van der Waals surface area contributed by atoms with Crippen molar-refractivity contribution >= 4 is 12.6 Å². The molecule has 0 unspecified atom stereocenters. The summed E-state index contributed by atoms with van der Waals surface area (Å²) >= 11 is 0. The summed E-state index contributed by atoms with van der Waals surface area (Å²) in [7, 11) is 0. The first-order valence-corrected chi connectivity index (χ1v) is 1.79. The zero-order valence-corrected chi connectivity index (χ0v) is 5.45. The van der Waals surface area contributed by atoms with Crippen molar-refractivity contribution in [3.63, 3.8) is 0 Å². The summed E-state index contributed by atoms with van der Waals surface area (Å²) in [5.74, 6) is 0. The normalized spacial score (nSPS) is 6.29. The molecule has 0 bridgehead atoms. The third-order valence-corrected chi connectivity index (χ3v) is 0.402. The van der Waals surface area contributed by atoms with Crippen molar-refractivity contribution in [1.82, 2.24) is 0 Å². The number of aldehydes is 2. The summed E-state index contributed by atoms with van der Waals surface area (Å²) in [4.78, 5) is 18.8. The van der Waals surface area contributed by atoms with Crippen molar-refractivity contribution in [1.29, 1.82) is 0 Å². The maximum absolute atomic E-state index is 9.40. The molecule has 0 aromatic carbocycles. The number of hydrogen-bond acceptors (Lipinski definition) is 2. The van der Waals surface area contributed by atoms with Gasteiger partial charge in [0.05, 0.1) is 0 Å². The summed E-state index contributed by atoms with van der Waals surface area (Å²) in [5, 5.41) is 0. The van der Waals surface area contributed by atoms with E-state index in [2.05, 4.69) is 0 Å². The van der Waals surface area contributed by atoms with Gasteiger partial charge in [0, 0.05) is 34.6 Å². The number of carbonyl (C=O) groups is 2. The molecular weight excluding hydrogens is 128 g/mol. The predicted octanol–water partition coefficient (Wildman–Crippen LogP) is 0.162. The van der Waals surface area contributed by atoms with Crippen molar-refractivity contribution in [2.45, 2.75) is 12.8 Å². The first kappa shape index (κ1) is 10.1. The fraction of sp³-hybridized carbons (Fsp3) is 0.500. The van der Waals surface area contributed by atoms with E-state index in [0.717, 1.165) is 12.6 Å². The van der Waals surface area contributed by atoms with Crippen LogP contribution >= 0.6 is 0 Å². The second-order valence-electron chi connectivity index (χ2n) is 0.911. The SMILES string of the molecule is O=CCCC=O.[Ti]. The standard InChI is InChI=1S/C4H6O2.Ti/c5-3-1-2-4-6;/h3-4H,1-2H2;. The van der Waals surface area contributed by atoms with Gasteiger partial charge in [-0.25, -0.2) is 0 Å². The minimum atomic E-state index is 0. The van der Waals surface area contributed by atoms with Crippen LogP contribution in [0.3, 0.4) is 0 Å². The van der Waals surface area contributed by atoms with E-state index < -0.39 is 0 Å². The van der Waals surface area contributed by atoms with Gasteiger partial charge < -0.3 is 9.59 Å². The minimum Gasteiger partial charge on any atom is -0.303 e. The zero-order chi connectivity index (χ0) is 4.83. The second-order valence-corrected chi connectivity index (χ2v) is 0.911. The van der Waals surface area contributed by atoms with Crippen LogP contribution in [0, 0.1) is 0 Å². The van der Waals surface area contributed by atoms with E-state index in [0.29, 0.717) is 12.8 Å². The molecule has 0 radical (unpaired) electrons. The number of carbonyl (C=O) groups excluding carboxylic acids is 2. The van der Waals surface area contributed by atoms with Gasteiger partial charge in [-0.1, -0.05) is 0 Å². The van der Waals surface area contributed by atoms with Crippen LogP contribution in [0.25, 0.3) is 0 Å². The average molecular weight is 134 g/mol. The molecule has 0 aliphatic carbocycles. The first-order valence-electron chi connectivity index (χ1n) is 1.79. The van der Waals surface area contributed by atoms with Gasteiger partial charge in [0.25, 0.3) is 0 Å². The molecule has 0 aliphatic heterocycles. The molecule has 0 spiro atoms. The molecule has 0 N–H and O–H groups in total. The van der Waals surface area contributed by atoms with Crippen LogP contribution in [-0.2, 0) is 31.3 Å². The maximum atomic E-state index is 9.40. The summed E-state index contributed by atoms with van der Waals surface area (Å²) < 4.78 is 0.